The van der Waals surface area contributed by atoms with Crippen LogP contribution < -0.4 is 4.74 Å². The molecule has 0 bridgehead atoms. The van der Waals surface area contributed by atoms with Crippen molar-refractivity contribution < 1.29 is 19.1 Å². The number of hydrogen-bond donors (Lipinski definition) is 1. The van der Waals surface area contributed by atoms with Crippen LogP contribution in [0.15, 0.2) is 34.7 Å². The van der Waals surface area contributed by atoms with Crippen molar-refractivity contribution in [1.29, 1.82) is 5.26 Å². The predicted molar refractivity (Wildman–Crippen MR) is 66.2 cm³/mol. The third-order valence-electron chi connectivity index (χ3n) is 2.33. The second-order valence-electron chi connectivity index (χ2n) is 3.58. The van der Waals surface area contributed by atoms with E-state index in [9.17, 15) is 4.79 Å². The molecule has 0 radical (unpaired) electrons. The minimum Gasteiger partial charge on any atom is -0.484 e. The zero-order valence-corrected chi connectivity index (χ0v) is 10.3. The van der Waals surface area contributed by atoms with Crippen molar-refractivity contribution in [2.45, 2.75) is 6.61 Å². The molecule has 0 saturated carbocycles. The Hall–Kier alpha value is -2.45. The van der Waals surface area contributed by atoms with E-state index in [1.165, 1.54) is 12.1 Å². The fraction of sp³-hybridized carbons (Fsp3) is 0.0769. The first-order valence-corrected chi connectivity index (χ1v) is 5.63. The Balaban J connectivity index is 2.12. The zero-order valence-electron chi connectivity index (χ0n) is 9.59. The maximum atomic E-state index is 10.6. The first-order valence-electron chi connectivity index (χ1n) is 5.25. The predicted octanol–water partition coefficient (Wildman–Crippen LogP) is 3.08. The Bertz CT molecular complexity index is 657. The standard InChI is InChI=1S/C13H8ClNO4/c14-10-2-1-3-11(9(10)6-15)18-7-8-4-5-12(19-8)13(16)17/h1-5H,7H2,(H,16,17). The molecule has 0 fully saturated rings. The third kappa shape index (κ3) is 2.87. The van der Waals surface area contributed by atoms with Gasteiger partial charge in [-0.15, -0.1) is 0 Å². The Kier molecular flexibility index (Phi) is 3.74. The first kappa shape index (κ1) is 13.0. The van der Waals surface area contributed by atoms with E-state index < -0.39 is 5.97 Å². The number of hydrogen-bond acceptors (Lipinski definition) is 4. The Morgan fingerprint density at radius 1 is 1.42 bits per heavy atom. The van der Waals surface area contributed by atoms with E-state index in [2.05, 4.69) is 0 Å². The number of ether oxygens (including phenoxy) is 1. The van der Waals surface area contributed by atoms with Crippen LogP contribution in [0.1, 0.15) is 21.9 Å². The molecule has 1 aromatic carbocycles. The third-order valence-corrected chi connectivity index (χ3v) is 2.64. The number of carbonyl (C=O) groups is 1. The molecular formula is C13H8ClNO4. The summed E-state index contributed by atoms with van der Waals surface area (Å²) in [5.41, 5.74) is 0.231. The van der Waals surface area contributed by atoms with Gasteiger partial charge in [0.15, 0.2) is 0 Å². The Morgan fingerprint density at radius 3 is 2.84 bits per heavy atom. The van der Waals surface area contributed by atoms with Crippen LogP contribution in [0.25, 0.3) is 0 Å². The summed E-state index contributed by atoms with van der Waals surface area (Å²) in [6.45, 7) is 0.0162. The van der Waals surface area contributed by atoms with Crippen molar-refractivity contribution >= 4 is 17.6 Å². The highest BCUT2D eigenvalue weighted by Crippen LogP contribution is 2.26. The minimum atomic E-state index is -1.15. The number of benzene rings is 1. The summed E-state index contributed by atoms with van der Waals surface area (Å²) in [6.07, 6.45) is 0. The van der Waals surface area contributed by atoms with Gasteiger partial charge in [-0.25, -0.2) is 4.79 Å². The van der Waals surface area contributed by atoms with Crippen LogP contribution in [0.2, 0.25) is 5.02 Å². The van der Waals surface area contributed by atoms with Gasteiger partial charge in [0.05, 0.1) is 5.02 Å². The van der Waals surface area contributed by atoms with Gasteiger partial charge < -0.3 is 14.3 Å². The van der Waals surface area contributed by atoms with Gasteiger partial charge in [0.25, 0.3) is 0 Å². The van der Waals surface area contributed by atoms with E-state index in [4.69, 9.17) is 31.1 Å². The van der Waals surface area contributed by atoms with Crippen LogP contribution in [0.3, 0.4) is 0 Å². The molecule has 1 aromatic heterocycles. The summed E-state index contributed by atoms with van der Waals surface area (Å²) < 4.78 is 10.4. The fourth-order valence-corrected chi connectivity index (χ4v) is 1.66. The number of halogens is 1. The largest absolute Gasteiger partial charge is 0.484 e. The highest BCUT2D eigenvalue weighted by Gasteiger charge is 2.11. The lowest BCUT2D eigenvalue weighted by molar-refractivity contribution is 0.0658. The van der Waals surface area contributed by atoms with Crippen molar-refractivity contribution in [3.63, 3.8) is 0 Å². The van der Waals surface area contributed by atoms with Gasteiger partial charge in [-0.1, -0.05) is 17.7 Å². The fourth-order valence-electron chi connectivity index (χ4n) is 1.45. The van der Waals surface area contributed by atoms with E-state index in [1.54, 1.807) is 18.2 Å². The Morgan fingerprint density at radius 2 is 2.21 bits per heavy atom. The number of furan rings is 1. The summed E-state index contributed by atoms with van der Waals surface area (Å²) in [7, 11) is 0. The van der Waals surface area contributed by atoms with Crippen LogP contribution in [0.5, 0.6) is 5.75 Å². The van der Waals surface area contributed by atoms with Crippen LogP contribution in [-0.2, 0) is 6.61 Å². The normalized spacial score (nSPS) is 9.89. The number of carboxylic acid groups (broad SMARTS) is 1. The quantitative estimate of drug-likeness (QED) is 0.928. The molecule has 96 valence electrons. The molecule has 0 spiro atoms. The number of nitriles is 1. The number of carboxylic acids is 1. The molecule has 1 N–H and O–H groups in total. The summed E-state index contributed by atoms with van der Waals surface area (Å²) in [5.74, 6) is -0.638. The highest BCUT2D eigenvalue weighted by molar-refractivity contribution is 6.31. The minimum absolute atomic E-state index is 0.0162. The lowest BCUT2D eigenvalue weighted by atomic mass is 10.2. The van der Waals surface area contributed by atoms with E-state index in [1.807, 2.05) is 6.07 Å². The number of nitrogens with zero attached hydrogens (tertiary/aromatic N) is 1. The van der Waals surface area contributed by atoms with Crippen molar-refractivity contribution in [3.05, 3.63) is 52.4 Å². The van der Waals surface area contributed by atoms with Gasteiger partial charge >= 0.3 is 5.97 Å². The van der Waals surface area contributed by atoms with Gasteiger partial charge in [0.2, 0.25) is 5.76 Å². The number of rotatable bonds is 4. The molecular weight excluding hydrogens is 270 g/mol. The van der Waals surface area contributed by atoms with E-state index in [0.29, 0.717) is 16.5 Å². The van der Waals surface area contributed by atoms with Crippen molar-refractivity contribution in [1.82, 2.24) is 0 Å². The molecule has 1 heterocycles. The van der Waals surface area contributed by atoms with E-state index >= 15 is 0 Å². The molecule has 0 unspecified atom stereocenters. The lowest BCUT2D eigenvalue weighted by Crippen LogP contribution is -1.97. The maximum Gasteiger partial charge on any atom is 0.371 e. The summed E-state index contributed by atoms with van der Waals surface area (Å²) in [4.78, 5) is 10.6. The SMILES string of the molecule is N#Cc1c(Cl)cccc1OCc1ccc(C(=O)O)o1. The van der Waals surface area contributed by atoms with E-state index in [-0.39, 0.29) is 17.9 Å². The molecule has 0 amide bonds. The van der Waals surface area contributed by atoms with Crippen LogP contribution in [0, 0.1) is 11.3 Å². The molecule has 2 aromatic rings. The van der Waals surface area contributed by atoms with Crippen LogP contribution >= 0.6 is 11.6 Å². The first-order chi connectivity index (χ1) is 9.11. The van der Waals surface area contributed by atoms with Gasteiger partial charge in [0, 0.05) is 0 Å². The highest BCUT2D eigenvalue weighted by atomic mass is 35.5. The topological polar surface area (TPSA) is 83.5 Å². The summed E-state index contributed by atoms with van der Waals surface area (Å²) in [5, 5.41) is 18.0. The molecule has 19 heavy (non-hydrogen) atoms. The lowest BCUT2D eigenvalue weighted by Gasteiger charge is -2.06. The molecule has 2 rings (SSSR count). The molecule has 0 aliphatic heterocycles. The van der Waals surface area contributed by atoms with Gasteiger partial charge in [0.1, 0.15) is 29.7 Å². The second kappa shape index (κ2) is 5.46. The van der Waals surface area contributed by atoms with Gasteiger partial charge in [-0.2, -0.15) is 5.26 Å². The molecule has 6 heteroatoms. The monoisotopic (exact) mass is 277 g/mol. The molecule has 5 nitrogen and oxygen atoms in total. The summed E-state index contributed by atoms with van der Waals surface area (Å²) >= 11 is 5.85. The van der Waals surface area contributed by atoms with Gasteiger partial charge in [-0.05, 0) is 24.3 Å². The van der Waals surface area contributed by atoms with Crippen molar-refractivity contribution in [3.8, 4) is 11.8 Å². The molecule has 0 aliphatic carbocycles. The van der Waals surface area contributed by atoms with Crippen molar-refractivity contribution in [2.24, 2.45) is 0 Å². The smallest absolute Gasteiger partial charge is 0.371 e. The Labute approximate surface area is 113 Å². The maximum absolute atomic E-state index is 10.6. The number of aromatic carboxylic acids is 1. The average Bonchev–Trinajstić information content (AvgIpc) is 2.85. The van der Waals surface area contributed by atoms with Crippen LogP contribution in [-0.4, -0.2) is 11.1 Å². The summed E-state index contributed by atoms with van der Waals surface area (Å²) in [6, 6.07) is 9.62. The molecule has 0 saturated heterocycles. The zero-order chi connectivity index (χ0) is 13.8. The average molecular weight is 278 g/mol. The van der Waals surface area contributed by atoms with Crippen molar-refractivity contribution in [2.75, 3.05) is 0 Å². The second-order valence-corrected chi connectivity index (χ2v) is 3.99. The van der Waals surface area contributed by atoms with Crippen LogP contribution in [0.4, 0.5) is 0 Å². The van der Waals surface area contributed by atoms with E-state index in [0.717, 1.165) is 0 Å². The molecule has 0 atom stereocenters. The van der Waals surface area contributed by atoms with Gasteiger partial charge in [-0.3, -0.25) is 0 Å². The molecule has 0 aliphatic rings.